The predicted molar refractivity (Wildman–Crippen MR) is 108 cm³/mol. The van der Waals surface area contributed by atoms with E-state index < -0.39 is 0 Å². The normalized spacial score (nSPS) is 13.5. The van der Waals surface area contributed by atoms with Crippen LogP contribution in [0.5, 0.6) is 0 Å². The third-order valence-corrected chi connectivity index (χ3v) is 5.59. The van der Waals surface area contributed by atoms with Crippen LogP contribution in [0.1, 0.15) is 39.8 Å². The molecule has 1 amide bonds. The van der Waals surface area contributed by atoms with Gasteiger partial charge in [-0.1, -0.05) is 37.3 Å². The number of benzene rings is 1. The Morgan fingerprint density at radius 1 is 1.25 bits per heavy atom. The molecule has 0 bridgehead atoms. The molecule has 1 aliphatic rings. The molecule has 0 saturated heterocycles. The molecule has 4 rings (SSSR count). The number of carbonyl (C=O) groups is 1. The van der Waals surface area contributed by atoms with Gasteiger partial charge in [-0.15, -0.1) is 0 Å². The van der Waals surface area contributed by atoms with Crippen LogP contribution in [-0.2, 0) is 26.4 Å². The van der Waals surface area contributed by atoms with Crippen LogP contribution in [0.3, 0.4) is 0 Å². The monoisotopic (exact) mass is 376 g/mol. The lowest BCUT2D eigenvalue weighted by Crippen LogP contribution is -2.40. The molecule has 0 radical (unpaired) electrons. The Morgan fingerprint density at radius 2 is 2.00 bits per heavy atom. The first kappa shape index (κ1) is 18.2. The van der Waals surface area contributed by atoms with Crippen molar-refractivity contribution in [2.75, 3.05) is 6.54 Å². The van der Waals surface area contributed by atoms with Crippen molar-refractivity contribution in [2.24, 2.45) is 7.05 Å². The van der Waals surface area contributed by atoms with Crippen molar-refractivity contribution in [1.29, 1.82) is 0 Å². The highest BCUT2D eigenvalue weighted by atomic mass is 16.2. The van der Waals surface area contributed by atoms with Crippen LogP contribution in [0, 0.1) is 6.92 Å². The zero-order chi connectivity index (χ0) is 19.8. The number of nitrogens with zero attached hydrogens (tertiary/aromatic N) is 3. The molecule has 0 unspecified atom stereocenters. The van der Waals surface area contributed by atoms with Gasteiger partial charge in [0.15, 0.2) is 0 Å². The Morgan fingerprint density at radius 3 is 2.71 bits per heavy atom. The van der Waals surface area contributed by atoms with E-state index >= 15 is 0 Å². The van der Waals surface area contributed by atoms with Gasteiger partial charge < -0.3 is 9.47 Å². The maximum Gasteiger partial charge on any atom is 0.263 e. The molecule has 2 aromatic heterocycles. The number of aromatic nitrogens is 3. The molecule has 6 nitrogen and oxygen atoms in total. The maximum atomic E-state index is 13.2. The van der Waals surface area contributed by atoms with E-state index in [0.717, 1.165) is 40.2 Å². The van der Waals surface area contributed by atoms with Gasteiger partial charge in [-0.3, -0.25) is 14.7 Å². The molecule has 1 N–H and O–H groups in total. The Kier molecular flexibility index (Phi) is 4.63. The molecule has 3 heterocycles. The topological polar surface area (TPSA) is 71.0 Å². The lowest BCUT2D eigenvalue weighted by molar-refractivity contribution is 0.0732. The van der Waals surface area contributed by atoms with Gasteiger partial charge in [-0.05, 0) is 25.0 Å². The third kappa shape index (κ3) is 2.95. The lowest BCUT2D eigenvalue weighted by Gasteiger charge is -2.27. The van der Waals surface area contributed by atoms with Crippen LogP contribution in [-0.4, -0.2) is 32.1 Å². The van der Waals surface area contributed by atoms with Gasteiger partial charge in [0.25, 0.3) is 11.5 Å². The number of fused-ring (bicyclic) bond motifs is 1. The van der Waals surface area contributed by atoms with Crippen LogP contribution in [0.4, 0.5) is 0 Å². The number of rotatable bonds is 3. The second-order valence-corrected chi connectivity index (χ2v) is 7.28. The smallest absolute Gasteiger partial charge is 0.263 e. The minimum absolute atomic E-state index is 0.211. The van der Waals surface area contributed by atoms with Gasteiger partial charge in [-0.25, -0.2) is 0 Å². The molecular weight excluding hydrogens is 352 g/mol. The molecule has 0 fully saturated rings. The summed E-state index contributed by atoms with van der Waals surface area (Å²) >= 11 is 0. The zero-order valence-electron chi connectivity index (χ0n) is 16.5. The molecule has 1 aromatic carbocycles. The number of aryl methyl sites for hydroxylation is 1. The molecule has 0 spiro atoms. The number of amides is 1. The van der Waals surface area contributed by atoms with Gasteiger partial charge in [-0.2, -0.15) is 5.10 Å². The van der Waals surface area contributed by atoms with Gasteiger partial charge in [0.05, 0.1) is 5.69 Å². The second-order valence-electron chi connectivity index (χ2n) is 7.28. The summed E-state index contributed by atoms with van der Waals surface area (Å²) in [6.07, 6.45) is 1.46. The number of carbonyl (C=O) groups excluding carboxylic acids is 1. The van der Waals surface area contributed by atoms with Crippen LogP contribution < -0.4 is 5.56 Å². The summed E-state index contributed by atoms with van der Waals surface area (Å²) in [6, 6.07) is 11.7. The zero-order valence-corrected chi connectivity index (χ0v) is 16.5. The first-order valence-corrected chi connectivity index (χ1v) is 9.61. The first-order valence-electron chi connectivity index (χ1n) is 9.61. The van der Waals surface area contributed by atoms with Gasteiger partial charge >= 0.3 is 0 Å². The highest BCUT2D eigenvalue weighted by molar-refractivity contribution is 5.94. The average Bonchev–Trinajstić information content (AvgIpc) is 3.14. The molecule has 0 saturated carbocycles. The third-order valence-electron chi connectivity index (χ3n) is 5.59. The molecule has 0 atom stereocenters. The molecule has 28 heavy (non-hydrogen) atoms. The average molecular weight is 376 g/mol. The number of hydrogen-bond acceptors (Lipinski definition) is 3. The summed E-state index contributed by atoms with van der Waals surface area (Å²) in [6.45, 7) is 4.99. The van der Waals surface area contributed by atoms with Crippen molar-refractivity contribution in [3.05, 3.63) is 74.8 Å². The SMILES string of the molecule is CCc1c(C)cc(C(=O)N2CCc3[nH]nc(-c4ccccc4)c3C2)c(=O)n1C. The largest absolute Gasteiger partial charge is 0.334 e. The van der Waals surface area contributed by atoms with Gasteiger partial charge in [0.1, 0.15) is 5.56 Å². The summed E-state index contributed by atoms with van der Waals surface area (Å²) in [5.74, 6) is -0.211. The fourth-order valence-corrected chi connectivity index (χ4v) is 4.07. The summed E-state index contributed by atoms with van der Waals surface area (Å²) in [5, 5.41) is 7.59. The quantitative estimate of drug-likeness (QED) is 0.764. The van der Waals surface area contributed by atoms with Crippen molar-refractivity contribution >= 4 is 5.91 Å². The number of aromatic amines is 1. The van der Waals surface area contributed by atoms with Crippen LogP contribution >= 0.6 is 0 Å². The van der Waals surface area contributed by atoms with E-state index in [-0.39, 0.29) is 17.0 Å². The van der Waals surface area contributed by atoms with E-state index in [9.17, 15) is 9.59 Å². The van der Waals surface area contributed by atoms with Gasteiger partial charge in [0, 0.05) is 49.1 Å². The summed E-state index contributed by atoms with van der Waals surface area (Å²) in [7, 11) is 1.74. The van der Waals surface area contributed by atoms with E-state index in [2.05, 4.69) is 10.2 Å². The Labute approximate surface area is 163 Å². The standard InChI is InChI=1S/C22H24N4O2/c1-4-19-14(2)12-16(21(27)25(19)3)22(28)26-11-10-18-17(13-26)20(24-23-18)15-8-6-5-7-9-15/h5-9,12H,4,10-11,13H2,1-3H3,(H,23,24). The molecule has 0 aliphatic carbocycles. The van der Waals surface area contributed by atoms with Crippen molar-refractivity contribution in [2.45, 2.75) is 33.2 Å². The summed E-state index contributed by atoms with van der Waals surface area (Å²) in [4.78, 5) is 27.7. The minimum atomic E-state index is -0.228. The maximum absolute atomic E-state index is 13.2. The molecule has 1 aliphatic heterocycles. The fraction of sp³-hybridized carbons (Fsp3) is 0.318. The number of pyridine rings is 1. The van der Waals surface area contributed by atoms with E-state index in [1.54, 1.807) is 22.6 Å². The number of H-pyrrole nitrogens is 1. The van der Waals surface area contributed by atoms with Crippen LogP contribution in [0.25, 0.3) is 11.3 Å². The van der Waals surface area contributed by atoms with E-state index in [1.165, 1.54) is 0 Å². The van der Waals surface area contributed by atoms with Crippen molar-refractivity contribution < 1.29 is 4.79 Å². The van der Waals surface area contributed by atoms with Crippen LogP contribution in [0.2, 0.25) is 0 Å². The van der Waals surface area contributed by atoms with Crippen molar-refractivity contribution in [1.82, 2.24) is 19.7 Å². The fourth-order valence-electron chi connectivity index (χ4n) is 4.07. The number of nitrogens with one attached hydrogen (secondary N) is 1. The van der Waals surface area contributed by atoms with Crippen molar-refractivity contribution in [3.63, 3.8) is 0 Å². The summed E-state index contributed by atoms with van der Waals surface area (Å²) in [5.41, 5.74) is 5.94. The minimum Gasteiger partial charge on any atom is -0.334 e. The molecular formula is C22H24N4O2. The predicted octanol–water partition coefficient (Wildman–Crippen LogP) is 2.84. The van der Waals surface area contributed by atoms with E-state index in [1.807, 2.05) is 44.2 Å². The highest BCUT2D eigenvalue weighted by Gasteiger charge is 2.28. The Bertz CT molecular complexity index is 1100. The Hall–Kier alpha value is -3.15. The molecule has 6 heteroatoms. The van der Waals surface area contributed by atoms with E-state index in [0.29, 0.717) is 19.5 Å². The van der Waals surface area contributed by atoms with Crippen LogP contribution in [0.15, 0.2) is 41.2 Å². The number of hydrogen-bond donors (Lipinski definition) is 1. The van der Waals surface area contributed by atoms with Gasteiger partial charge in [0.2, 0.25) is 0 Å². The highest BCUT2D eigenvalue weighted by Crippen LogP contribution is 2.28. The Balaban J connectivity index is 1.68. The second kappa shape index (κ2) is 7.11. The van der Waals surface area contributed by atoms with E-state index in [4.69, 9.17) is 0 Å². The summed E-state index contributed by atoms with van der Waals surface area (Å²) < 4.78 is 1.60. The molecule has 144 valence electrons. The van der Waals surface area contributed by atoms with Crippen molar-refractivity contribution in [3.8, 4) is 11.3 Å². The lowest BCUT2D eigenvalue weighted by atomic mass is 10.00. The first-order chi connectivity index (χ1) is 13.5. The molecule has 3 aromatic rings.